The van der Waals surface area contributed by atoms with Crippen LogP contribution in [0.2, 0.25) is 5.02 Å². The SMILES string of the molecule is O=S(=O)(N/N=C/c1cn[nH]c1-c1ccc(Cl)cc1)c1ccc(F)cc1. The van der Waals surface area contributed by atoms with Crippen LogP contribution in [-0.4, -0.2) is 24.8 Å². The Balaban J connectivity index is 1.78. The van der Waals surface area contributed by atoms with Gasteiger partial charge < -0.3 is 0 Å². The summed E-state index contributed by atoms with van der Waals surface area (Å²) in [6.45, 7) is 0. The molecule has 128 valence electrons. The molecule has 1 heterocycles. The maximum atomic E-state index is 12.9. The van der Waals surface area contributed by atoms with Gasteiger partial charge in [0.2, 0.25) is 0 Å². The molecular weight excluding hydrogens is 367 g/mol. The number of hydrogen-bond donors (Lipinski definition) is 2. The second kappa shape index (κ2) is 7.04. The third kappa shape index (κ3) is 4.04. The number of halogens is 2. The van der Waals surface area contributed by atoms with E-state index in [1.54, 1.807) is 24.3 Å². The first-order chi connectivity index (χ1) is 12.0. The number of hydrogen-bond acceptors (Lipinski definition) is 4. The summed E-state index contributed by atoms with van der Waals surface area (Å²) in [6, 6.07) is 11.5. The molecule has 0 unspecified atom stereocenters. The van der Waals surface area contributed by atoms with Gasteiger partial charge in [0.15, 0.2) is 0 Å². The van der Waals surface area contributed by atoms with Gasteiger partial charge in [-0.2, -0.15) is 18.6 Å². The van der Waals surface area contributed by atoms with E-state index in [-0.39, 0.29) is 4.90 Å². The van der Waals surface area contributed by atoms with Gasteiger partial charge in [0.05, 0.1) is 23.0 Å². The third-order valence-electron chi connectivity index (χ3n) is 3.30. The van der Waals surface area contributed by atoms with E-state index in [4.69, 9.17) is 11.6 Å². The van der Waals surface area contributed by atoms with E-state index in [1.165, 1.54) is 12.4 Å². The van der Waals surface area contributed by atoms with Gasteiger partial charge in [-0.25, -0.2) is 9.22 Å². The van der Waals surface area contributed by atoms with E-state index in [0.717, 1.165) is 29.8 Å². The average molecular weight is 379 g/mol. The van der Waals surface area contributed by atoms with Gasteiger partial charge >= 0.3 is 0 Å². The van der Waals surface area contributed by atoms with Crippen LogP contribution >= 0.6 is 11.6 Å². The van der Waals surface area contributed by atoms with Crippen LogP contribution in [0, 0.1) is 5.82 Å². The molecule has 0 aliphatic heterocycles. The smallest absolute Gasteiger partial charge is 0.276 e. The van der Waals surface area contributed by atoms with E-state index < -0.39 is 15.8 Å². The zero-order valence-corrected chi connectivity index (χ0v) is 14.2. The van der Waals surface area contributed by atoms with Crippen molar-refractivity contribution >= 4 is 27.8 Å². The zero-order valence-electron chi connectivity index (χ0n) is 12.6. The predicted molar refractivity (Wildman–Crippen MR) is 93.3 cm³/mol. The van der Waals surface area contributed by atoms with Crippen LogP contribution in [0.3, 0.4) is 0 Å². The van der Waals surface area contributed by atoms with Crippen LogP contribution in [0.15, 0.2) is 64.7 Å². The molecule has 6 nitrogen and oxygen atoms in total. The highest BCUT2D eigenvalue weighted by Gasteiger charge is 2.12. The highest BCUT2D eigenvalue weighted by molar-refractivity contribution is 7.89. The van der Waals surface area contributed by atoms with Gasteiger partial charge in [-0.05, 0) is 36.4 Å². The van der Waals surface area contributed by atoms with Crippen LogP contribution in [0.4, 0.5) is 4.39 Å². The van der Waals surface area contributed by atoms with Crippen LogP contribution in [0.1, 0.15) is 5.56 Å². The lowest BCUT2D eigenvalue weighted by atomic mass is 10.1. The molecule has 0 aliphatic carbocycles. The maximum Gasteiger partial charge on any atom is 0.276 e. The number of H-pyrrole nitrogens is 1. The first kappa shape index (κ1) is 17.1. The number of aromatic nitrogens is 2. The number of rotatable bonds is 5. The van der Waals surface area contributed by atoms with Crippen LogP contribution in [0.5, 0.6) is 0 Å². The first-order valence-electron chi connectivity index (χ1n) is 7.05. The lowest BCUT2D eigenvalue weighted by Crippen LogP contribution is -2.18. The number of hydrazone groups is 1. The van der Waals surface area contributed by atoms with Gasteiger partial charge in [-0.3, -0.25) is 5.10 Å². The van der Waals surface area contributed by atoms with E-state index in [9.17, 15) is 12.8 Å². The number of aromatic amines is 1. The number of nitrogens with one attached hydrogen (secondary N) is 2. The molecule has 0 saturated heterocycles. The zero-order chi connectivity index (χ0) is 17.9. The Morgan fingerprint density at radius 3 is 2.48 bits per heavy atom. The number of nitrogens with zero attached hydrogens (tertiary/aromatic N) is 2. The molecule has 0 atom stereocenters. The Morgan fingerprint density at radius 1 is 1.12 bits per heavy atom. The lowest BCUT2D eigenvalue weighted by molar-refractivity contribution is 0.583. The molecule has 2 N–H and O–H groups in total. The monoisotopic (exact) mass is 378 g/mol. The van der Waals surface area contributed by atoms with Crippen LogP contribution in [-0.2, 0) is 10.0 Å². The molecule has 3 aromatic rings. The minimum absolute atomic E-state index is 0.0869. The summed E-state index contributed by atoms with van der Waals surface area (Å²) in [7, 11) is -3.88. The van der Waals surface area contributed by atoms with Crippen molar-refractivity contribution in [3.05, 3.63) is 71.1 Å². The quantitative estimate of drug-likeness (QED) is 0.528. The van der Waals surface area contributed by atoms with Gasteiger partial charge in [0.1, 0.15) is 5.82 Å². The fraction of sp³-hybridized carbons (Fsp3) is 0. The van der Waals surface area contributed by atoms with Crippen molar-refractivity contribution in [3.63, 3.8) is 0 Å². The molecule has 0 spiro atoms. The fourth-order valence-corrected chi connectivity index (χ4v) is 2.99. The predicted octanol–water partition coefficient (Wildman–Crippen LogP) is 3.18. The number of sulfonamides is 1. The highest BCUT2D eigenvalue weighted by Crippen LogP contribution is 2.21. The van der Waals surface area contributed by atoms with E-state index in [2.05, 4.69) is 20.1 Å². The minimum Gasteiger partial charge on any atom is -0.277 e. The molecule has 0 aliphatic rings. The molecule has 0 radical (unpaired) electrons. The molecule has 0 fully saturated rings. The van der Waals surface area contributed by atoms with Gasteiger partial charge in [-0.15, -0.1) is 0 Å². The molecule has 1 aromatic heterocycles. The highest BCUT2D eigenvalue weighted by atomic mass is 35.5. The summed E-state index contributed by atoms with van der Waals surface area (Å²) in [5.41, 5.74) is 2.08. The van der Waals surface area contributed by atoms with Gasteiger partial charge in [0.25, 0.3) is 10.0 Å². The summed E-state index contributed by atoms with van der Waals surface area (Å²) in [6.07, 6.45) is 2.84. The van der Waals surface area contributed by atoms with Gasteiger partial charge in [-0.1, -0.05) is 23.7 Å². The molecule has 2 aromatic carbocycles. The van der Waals surface area contributed by atoms with Crippen molar-refractivity contribution in [2.75, 3.05) is 0 Å². The van der Waals surface area contributed by atoms with Gasteiger partial charge in [0, 0.05) is 16.1 Å². The average Bonchev–Trinajstić information content (AvgIpc) is 3.04. The topological polar surface area (TPSA) is 87.2 Å². The van der Waals surface area contributed by atoms with E-state index >= 15 is 0 Å². The third-order valence-corrected chi connectivity index (χ3v) is 4.79. The molecule has 3 rings (SSSR count). The Hall–Kier alpha value is -2.71. The molecule has 9 heteroatoms. The first-order valence-corrected chi connectivity index (χ1v) is 8.91. The summed E-state index contributed by atoms with van der Waals surface area (Å²) < 4.78 is 37.0. The van der Waals surface area contributed by atoms with Crippen molar-refractivity contribution in [3.8, 4) is 11.3 Å². The van der Waals surface area contributed by atoms with Crippen LogP contribution in [0.25, 0.3) is 11.3 Å². The fourth-order valence-electron chi connectivity index (χ4n) is 2.07. The summed E-state index contributed by atoms with van der Waals surface area (Å²) >= 11 is 5.86. The maximum absolute atomic E-state index is 12.9. The van der Waals surface area contributed by atoms with Crippen molar-refractivity contribution < 1.29 is 12.8 Å². The normalized spacial score (nSPS) is 11.8. The van der Waals surface area contributed by atoms with E-state index in [0.29, 0.717) is 16.3 Å². The minimum atomic E-state index is -3.88. The summed E-state index contributed by atoms with van der Waals surface area (Å²) in [5.74, 6) is -0.520. The second-order valence-electron chi connectivity index (χ2n) is 5.01. The standard InChI is InChI=1S/C16H12ClFN4O2S/c17-13-3-1-11(2-4-13)16-12(9-19-21-16)10-20-22-25(23,24)15-7-5-14(18)6-8-15/h1-10,22H,(H,19,21)/b20-10+. The molecule has 0 amide bonds. The number of benzene rings is 2. The van der Waals surface area contributed by atoms with Crippen molar-refractivity contribution in [2.45, 2.75) is 4.90 Å². The molecule has 0 bridgehead atoms. The molecular formula is C16H12ClFN4O2S. The Morgan fingerprint density at radius 2 is 1.80 bits per heavy atom. The van der Waals surface area contributed by atoms with E-state index in [1.807, 2.05) is 0 Å². The Bertz CT molecular complexity index is 999. The molecule has 25 heavy (non-hydrogen) atoms. The second-order valence-corrected chi connectivity index (χ2v) is 7.11. The lowest BCUT2D eigenvalue weighted by Gasteiger charge is -2.03. The van der Waals surface area contributed by atoms with Crippen molar-refractivity contribution in [1.82, 2.24) is 15.0 Å². The largest absolute Gasteiger partial charge is 0.277 e. The summed E-state index contributed by atoms with van der Waals surface area (Å²) in [5, 5.41) is 11.1. The van der Waals surface area contributed by atoms with Crippen molar-refractivity contribution in [1.29, 1.82) is 0 Å². The summed E-state index contributed by atoms with van der Waals surface area (Å²) in [4.78, 5) is 1.99. The van der Waals surface area contributed by atoms with Crippen molar-refractivity contribution in [2.24, 2.45) is 5.10 Å². The molecule has 0 saturated carbocycles. The van der Waals surface area contributed by atoms with Crippen LogP contribution < -0.4 is 4.83 Å². The Labute approximate surface area is 148 Å². The Kier molecular flexibility index (Phi) is 4.82.